The zero-order valence-electron chi connectivity index (χ0n) is 23.9. The minimum absolute atomic E-state index is 0.0210. The third-order valence-corrected chi connectivity index (χ3v) is 7.32. The summed E-state index contributed by atoms with van der Waals surface area (Å²) in [6.07, 6.45) is 1.73. The number of halogens is 3. The van der Waals surface area contributed by atoms with E-state index in [1.807, 2.05) is 0 Å². The zero-order chi connectivity index (χ0) is 31.1. The summed E-state index contributed by atoms with van der Waals surface area (Å²) in [6, 6.07) is 18.3. The average molecular weight is 622 g/mol. The second-order valence-corrected chi connectivity index (χ2v) is 10.6. The van der Waals surface area contributed by atoms with Gasteiger partial charge in [0.1, 0.15) is 18.2 Å². The summed E-state index contributed by atoms with van der Waals surface area (Å²) in [6.45, 7) is 1.08. The van der Waals surface area contributed by atoms with Gasteiger partial charge in [-0.15, -0.1) is 0 Å². The van der Waals surface area contributed by atoms with Gasteiger partial charge in [0.2, 0.25) is 11.8 Å². The van der Waals surface area contributed by atoms with Crippen molar-refractivity contribution in [3.63, 3.8) is 0 Å². The van der Waals surface area contributed by atoms with Crippen LogP contribution in [0.5, 0.6) is 5.88 Å². The molecule has 1 amide bonds. The number of hydrogen-bond donors (Lipinski definition) is 2. The number of amides is 1. The minimum Gasteiger partial charge on any atom is -0.473 e. The van der Waals surface area contributed by atoms with Crippen molar-refractivity contribution in [3.05, 3.63) is 106 Å². The van der Waals surface area contributed by atoms with Crippen LogP contribution in [0.3, 0.4) is 0 Å². The first-order chi connectivity index (χ1) is 21.3. The zero-order valence-corrected chi connectivity index (χ0v) is 24.6. The van der Waals surface area contributed by atoms with Crippen molar-refractivity contribution in [1.82, 2.24) is 4.98 Å². The maximum absolute atomic E-state index is 15.2. The summed E-state index contributed by atoms with van der Waals surface area (Å²) in [5.41, 5.74) is 2.37. The monoisotopic (exact) mass is 621 g/mol. The molecule has 0 spiro atoms. The Kier molecular flexibility index (Phi) is 10.0. The van der Waals surface area contributed by atoms with Crippen LogP contribution in [-0.4, -0.2) is 43.2 Å². The Labute approximate surface area is 258 Å². The van der Waals surface area contributed by atoms with Gasteiger partial charge < -0.3 is 24.8 Å². The molecule has 1 fully saturated rings. The third kappa shape index (κ3) is 7.69. The number of nitrogens with one attached hydrogen (secondary N) is 2. The Balaban J connectivity index is 1.33. The van der Waals surface area contributed by atoms with E-state index in [2.05, 4.69) is 15.6 Å². The smallest absolute Gasteiger partial charge is 0.337 e. The number of carbonyl (C=O) groups excluding carboxylic acids is 2. The van der Waals surface area contributed by atoms with Crippen LogP contribution in [0.2, 0.25) is 5.02 Å². The van der Waals surface area contributed by atoms with E-state index in [9.17, 15) is 14.0 Å². The minimum atomic E-state index is -0.565. The Morgan fingerprint density at radius 2 is 1.84 bits per heavy atom. The predicted octanol–water partition coefficient (Wildman–Crippen LogP) is 6.82. The van der Waals surface area contributed by atoms with E-state index in [0.29, 0.717) is 35.7 Å². The molecule has 2 heterocycles. The number of pyridine rings is 1. The second-order valence-electron chi connectivity index (χ2n) is 10.2. The van der Waals surface area contributed by atoms with E-state index in [1.165, 1.54) is 31.4 Å². The first-order valence-corrected chi connectivity index (χ1v) is 14.4. The molecule has 1 saturated heterocycles. The lowest BCUT2D eigenvalue weighted by atomic mass is 10.00. The average Bonchev–Trinajstić information content (AvgIpc) is 3.54. The molecule has 1 atom stereocenters. The Morgan fingerprint density at radius 1 is 1.00 bits per heavy atom. The Bertz CT molecular complexity index is 1660. The highest BCUT2D eigenvalue weighted by Crippen LogP contribution is 2.29. The van der Waals surface area contributed by atoms with Crippen LogP contribution in [0.25, 0.3) is 11.3 Å². The van der Waals surface area contributed by atoms with E-state index >= 15 is 4.39 Å². The SMILES string of the molecule is COC(=O)c1ccc(NC(=O)Cc2cccc(F)c2-c2cccc(OCc3ccc(Cl)cc3F)n2)c(NC[C@@H]2CCCO2)c1. The highest BCUT2D eigenvalue weighted by Gasteiger charge is 2.19. The number of hydrogen-bond acceptors (Lipinski definition) is 7. The molecule has 44 heavy (non-hydrogen) atoms. The van der Waals surface area contributed by atoms with Crippen LogP contribution in [0, 0.1) is 11.6 Å². The molecule has 1 aromatic heterocycles. The lowest BCUT2D eigenvalue weighted by Gasteiger charge is -2.17. The number of carbonyl (C=O) groups is 2. The number of benzene rings is 3. The molecular weight excluding hydrogens is 592 g/mol. The molecule has 4 aromatic rings. The Hall–Kier alpha value is -4.54. The molecule has 3 aromatic carbocycles. The summed E-state index contributed by atoms with van der Waals surface area (Å²) in [7, 11) is 1.30. The lowest BCUT2D eigenvalue weighted by Crippen LogP contribution is -2.21. The van der Waals surface area contributed by atoms with Crippen LogP contribution in [-0.2, 0) is 27.3 Å². The highest BCUT2D eigenvalue weighted by atomic mass is 35.5. The van der Waals surface area contributed by atoms with Gasteiger partial charge in [0.25, 0.3) is 0 Å². The molecule has 8 nitrogen and oxygen atoms in total. The van der Waals surface area contributed by atoms with Crippen molar-refractivity contribution in [1.29, 1.82) is 0 Å². The molecule has 0 saturated carbocycles. The topological polar surface area (TPSA) is 98.8 Å². The molecule has 1 aliphatic rings. The summed E-state index contributed by atoms with van der Waals surface area (Å²) in [4.78, 5) is 29.8. The quantitative estimate of drug-likeness (QED) is 0.177. The van der Waals surface area contributed by atoms with E-state index in [4.69, 9.17) is 25.8 Å². The maximum Gasteiger partial charge on any atom is 0.337 e. The second kappa shape index (κ2) is 14.3. The summed E-state index contributed by atoms with van der Waals surface area (Å²) >= 11 is 5.82. The van der Waals surface area contributed by atoms with Crippen LogP contribution in [0.4, 0.5) is 20.2 Å². The molecule has 228 valence electrons. The van der Waals surface area contributed by atoms with Crippen molar-refractivity contribution in [2.75, 3.05) is 30.9 Å². The number of aromatic nitrogens is 1. The number of anilines is 2. The number of methoxy groups -OCH3 is 1. The van der Waals surface area contributed by atoms with Gasteiger partial charge in [0, 0.05) is 35.4 Å². The van der Waals surface area contributed by atoms with E-state index in [-0.39, 0.29) is 46.9 Å². The van der Waals surface area contributed by atoms with Crippen LogP contribution >= 0.6 is 11.6 Å². The van der Waals surface area contributed by atoms with Gasteiger partial charge in [-0.1, -0.05) is 35.9 Å². The number of rotatable bonds is 11. The first kappa shape index (κ1) is 30.9. The molecule has 0 aliphatic carbocycles. The van der Waals surface area contributed by atoms with Gasteiger partial charge in [-0.2, -0.15) is 0 Å². The van der Waals surface area contributed by atoms with Crippen molar-refractivity contribution in [2.24, 2.45) is 0 Å². The first-order valence-electron chi connectivity index (χ1n) is 14.0. The molecule has 0 unspecified atom stereocenters. The van der Waals surface area contributed by atoms with Crippen LogP contribution in [0.15, 0.2) is 72.8 Å². The van der Waals surface area contributed by atoms with Crippen LogP contribution < -0.4 is 15.4 Å². The van der Waals surface area contributed by atoms with Gasteiger partial charge in [-0.25, -0.2) is 18.6 Å². The summed E-state index contributed by atoms with van der Waals surface area (Å²) in [5.74, 6) is -1.84. The largest absolute Gasteiger partial charge is 0.473 e. The van der Waals surface area contributed by atoms with E-state index in [0.717, 1.165) is 12.8 Å². The Morgan fingerprint density at radius 3 is 2.61 bits per heavy atom. The van der Waals surface area contributed by atoms with Crippen molar-refractivity contribution >= 4 is 34.9 Å². The third-order valence-electron chi connectivity index (χ3n) is 7.08. The molecule has 1 aliphatic heterocycles. The standard InChI is InChI=1S/C33H30ClF2N3O5/c1-42-33(41)21-11-13-27(29(15-21)37-18-24-6-4-14-43-24)38-30(40)16-20-5-2-7-25(35)32(20)28-8-3-9-31(39-28)44-19-22-10-12-23(34)17-26(22)36/h2-3,5,7-13,15,17,24,37H,4,6,14,16,18-19H2,1H3,(H,38,40)/t24-/m0/s1. The van der Waals surface area contributed by atoms with Crippen molar-refractivity contribution < 1.29 is 32.6 Å². The van der Waals surface area contributed by atoms with Gasteiger partial charge in [-0.3, -0.25) is 4.79 Å². The highest BCUT2D eigenvalue weighted by molar-refractivity contribution is 6.30. The van der Waals surface area contributed by atoms with Crippen LogP contribution in [0.1, 0.15) is 34.3 Å². The van der Waals surface area contributed by atoms with E-state index in [1.54, 1.807) is 48.5 Å². The molecule has 0 bridgehead atoms. The number of ether oxygens (including phenoxy) is 3. The summed E-state index contributed by atoms with van der Waals surface area (Å²) < 4.78 is 45.6. The molecule has 11 heteroatoms. The van der Waals surface area contributed by atoms with Gasteiger partial charge in [-0.05, 0) is 60.9 Å². The maximum atomic E-state index is 15.2. The fourth-order valence-corrected chi connectivity index (χ4v) is 5.03. The summed E-state index contributed by atoms with van der Waals surface area (Å²) in [5, 5.41) is 6.40. The number of esters is 1. The normalized spacial score (nSPS) is 14.2. The fraction of sp³-hybridized carbons (Fsp3) is 0.242. The van der Waals surface area contributed by atoms with Crippen molar-refractivity contribution in [3.8, 4) is 17.1 Å². The lowest BCUT2D eigenvalue weighted by molar-refractivity contribution is -0.115. The fourth-order valence-electron chi connectivity index (χ4n) is 4.87. The van der Waals surface area contributed by atoms with Gasteiger partial charge in [0.05, 0.1) is 42.3 Å². The van der Waals surface area contributed by atoms with Gasteiger partial charge in [0.15, 0.2) is 0 Å². The predicted molar refractivity (Wildman–Crippen MR) is 163 cm³/mol. The molecule has 0 radical (unpaired) electrons. The molecule has 5 rings (SSSR count). The molecular formula is C33H30ClF2N3O5. The number of nitrogens with zero attached hydrogens (tertiary/aromatic N) is 1. The molecule has 2 N–H and O–H groups in total. The van der Waals surface area contributed by atoms with Crippen molar-refractivity contribution in [2.45, 2.75) is 32.0 Å². The van der Waals surface area contributed by atoms with E-state index < -0.39 is 23.5 Å². The van der Waals surface area contributed by atoms with Gasteiger partial charge >= 0.3 is 5.97 Å².